The molecule has 3 aromatic rings. The zero-order valence-electron chi connectivity index (χ0n) is 15.3. The first-order chi connectivity index (χ1) is 13.1. The Morgan fingerprint density at radius 1 is 0.778 bits per heavy atom. The van der Waals surface area contributed by atoms with Crippen molar-refractivity contribution in [3.05, 3.63) is 82.7 Å². The molecular formula is C24H21F3. The van der Waals surface area contributed by atoms with Gasteiger partial charge in [-0.15, -0.1) is 0 Å². The predicted octanol–water partition coefficient (Wildman–Crippen LogP) is 7.07. The Morgan fingerprint density at radius 3 is 2.33 bits per heavy atom. The van der Waals surface area contributed by atoms with Gasteiger partial charge in [0, 0.05) is 17.5 Å². The second-order valence-electron chi connectivity index (χ2n) is 7.21. The molecule has 0 bridgehead atoms. The molecule has 0 aromatic heterocycles. The van der Waals surface area contributed by atoms with Crippen LogP contribution in [0, 0.1) is 17.5 Å². The highest BCUT2D eigenvalue weighted by atomic mass is 19.2. The molecule has 4 rings (SSSR count). The van der Waals surface area contributed by atoms with Crippen LogP contribution in [0.3, 0.4) is 0 Å². The fourth-order valence-corrected chi connectivity index (χ4v) is 3.91. The molecule has 0 saturated heterocycles. The van der Waals surface area contributed by atoms with Gasteiger partial charge in [-0.05, 0) is 52.8 Å². The van der Waals surface area contributed by atoms with Gasteiger partial charge >= 0.3 is 0 Å². The average molecular weight is 366 g/mol. The van der Waals surface area contributed by atoms with Crippen LogP contribution in [0.15, 0.2) is 48.5 Å². The van der Waals surface area contributed by atoms with Gasteiger partial charge in [-0.2, -0.15) is 0 Å². The van der Waals surface area contributed by atoms with E-state index in [1.54, 1.807) is 6.07 Å². The maximum Gasteiger partial charge on any atom is 0.159 e. The second kappa shape index (κ2) is 7.22. The molecule has 0 spiro atoms. The van der Waals surface area contributed by atoms with Crippen molar-refractivity contribution in [3.8, 4) is 22.3 Å². The van der Waals surface area contributed by atoms with Crippen molar-refractivity contribution in [1.82, 2.24) is 0 Å². The Labute approximate surface area is 157 Å². The number of rotatable bonds is 5. The van der Waals surface area contributed by atoms with Gasteiger partial charge in [-0.3, -0.25) is 0 Å². The number of hydrogen-bond acceptors (Lipinski definition) is 0. The normalized spacial score (nSPS) is 12.1. The van der Waals surface area contributed by atoms with Crippen LogP contribution in [0.4, 0.5) is 13.2 Å². The van der Waals surface area contributed by atoms with Gasteiger partial charge in [0.25, 0.3) is 0 Å². The standard InChI is InChI=1S/C24H21F3/c1-2-3-4-5-15-6-8-18-17(12-15)13-21-20(18)10-9-19(24(21)27)16-7-11-22(25)23(26)14-16/h6-12,14H,2-5,13H2,1H3. The Hall–Kier alpha value is -2.55. The van der Waals surface area contributed by atoms with Crippen LogP contribution in [-0.4, -0.2) is 0 Å². The molecule has 0 unspecified atom stereocenters. The molecule has 138 valence electrons. The van der Waals surface area contributed by atoms with E-state index >= 15 is 4.39 Å². The molecule has 0 N–H and O–H groups in total. The molecule has 27 heavy (non-hydrogen) atoms. The van der Waals surface area contributed by atoms with Gasteiger partial charge in [0.2, 0.25) is 0 Å². The zero-order chi connectivity index (χ0) is 19.0. The average Bonchev–Trinajstić information content (AvgIpc) is 3.03. The van der Waals surface area contributed by atoms with E-state index in [-0.39, 0.29) is 5.82 Å². The number of halogens is 3. The summed E-state index contributed by atoms with van der Waals surface area (Å²) in [4.78, 5) is 0. The van der Waals surface area contributed by atoms with Crippen molar-refractivity contribution in [2.75, 3.05) is 0 Å². The summed E-state index contributed by atoms with van der Waals surface area (Å²) in [5, 5.41) is 0. The fourth-order valence-electron chi connectivity index (χ4n) is 3.91. The van der Waals surface area contributed by atoms with Crippen molar-refractivity contribution in [2.24, 2.45) is 0 Å². The molecule has 0 radical (unpaired) electrons. The minimum Gasteiger partial charge on any atom is -0.206 e. The molecule has 0 atom stereocenters. The summed E-state index contributed by atoms with van der Waals surface area (Å²) in [6.45, 7) is 2.19. The van der Waals surface area contributed by atoms with Gasteiger partial charge in [0.1, 0.15) is 5.82 Å². The van der Waals surface area contributed by atoms with Crippen molar-refractivity contribution in [1.29, 1.82) is 0 Å². The molecule has 0 amide bonds. The number of hydrogen-bond donors (Lipinski definition) is 0. The van der Waals surface area contributed by atoms with Gasteiger partial charge in [0.15, 0.2) is 11.6 Å². The van der Waals surface area contributed by atoms with E-state index in [1.165, 1.54) is 24.5 Å². The Kier molecular flexibility index (Phi) is 4.77. The largest absolute Gasteiger partial charge is 0.206 e. The van der Waals surface area contributed by atoms with Crippen LogP contribution in [0.5, 0.6) is 0 Å². The lowest BCUT2D eigenvalue weighted by Gasteiger charge is -2.09. The Balaban J connectivity index is 1.68. The van der Waals surface area contributed by atoms with Gasteiger partial charge in [0.05, 0.1) is 0 Å². The third-order valence-electron chi connectivity index (χ3n) is 5.37. The zero-order valence-corrected chi connectivity index (χ0v) is 15.3. The fraction of sp³-hybridized carbons (Fsp3) is 0.250. The Morgan fingerprint density at radius 2 is 1.56 bits per heavy atom. The summed E-state index contributed by atoms with van der Waals surface area (Å²) in [6.07, 6.45) is 5.14. The first-order valence-corrected chi connectivity index (χ1v) is 9.47. The van der Waals surface area contributed by atoms with Crippen molar-refractivity contribution < 1.29 is 13.2 Å². The molecule has 3 heteroatoms. The van der Waals surface area contributed by atoms with E-state index in [4.69, 9.17) is 0 Å². The second-order valence-corrected chi connectivity index (χ2v) is 7.21. The van der Waals surface area contributed by atoms with E-state index in [1.807, 2.05) is 6.07 Å². The predicted molar refractivity (Wildman–Crippen MR) is 103 cm³/mol. The highest BCUT2D eigenvalue weighted by Gasteiger charge is 2.24. The van der Waals surface area contributed by atoms with E-state index in [9.17, 15) is 8.78 Å². The molecule has 1 aliphatic carbocycles. The van der Waals surface area contributed by atoms with Crippen molar-refractivity contribution >= 4 is 0 Å². The summed E-state index contributed by atoms with van der Waals surface area (Å²) in [7, 11) is 0. The van der Waals surface area contributed by atoms with Crippen LogP contribution in [0.25, 0.3) is 22.3 Å². The van der Waals surface area contributed by atoms with Crippen LogP contribution in [0.2, 0.25) is 0 Å². The van der Waals surface area contributed by atoms with E-state index in [2.05, 4.69) is 25.1 Å². The summed E-state index contributed by atoms with van der Waals surface area (Å²) in [6, 6.07) is 13.4. The molecular weight excluding hydrogens is 345 g/mol. The van der Waals surface area contributed by atoms with Gasteiger partial charge in [-0.1, -0.05) is 56.2 Å². The van der Waals surface area contributed by atoms with Gasteiger partial charge in [-0.25, -0.2) is 13.2 Å². The van der Waals surface area contributed by atoms with Crippen molar-refractivity contribution in [2.45, 2.75) is 39.0 Å². The minimum atomic E-state index is -0.965. The number of fused-ring (bicyclic) bond motifs is 3. The lowest BCUT2D eigenvalue weighted by Crippen LogP contribution is -1.94. The highest BCUT2D eigenvalue weighted by Crippen LogP contribution is 2.41. The van der Waals surface area contributed by atoms with Crippen LogP contribution in [0.1, 0.15) is 42.9 Å². The highest BCUT2D eigenvalue weighted by molar-refractivity contribution is 5.81. The van der Waals surface area contributed by atoms with Crippen LogP contribution in [-0.2, 0) is 12.8 Å². The lowest BCUT2D eigenvalue weighted by molar-refractivity contribution is 0.509. The molecule has 0 aliphatic heterocycles. The molecule has 0 heterocycles. The molecule has 0 fully saturated rings. The molecule has 0 saturated carbocycles. The van der Waals surface area contributed by atoms with Crippen LogP contribution < -0.4 is 0 Å². The van der Waals surface area contributed by atoms with E-state index in [0.717, 1.165) is 41.7 Å². The van der Waals surface area contributed by atoms with E-state index < -0.39 is 11.6 Å². The van der Waals surface area contributed by atoms with E-state index in [0.29, 0.717) is 23.1 Å². The molecule has 1 aliphatic rings. The molecule has 0 nitrogen and oxygen atoms in total. The summed E-state index contributed by atoms with van der Waals surface area (Å²) in [5.74, 6) is -2.24. The third kappa shape index (κ3) is 3.27. The summed E-state index contributed by atoms with van der Waals surface area (Å²) >= 11 is 0. The number of unbranched alkanes of at least 4 members (excludes halogenated alkanes) is 2. The SMILES string of the molecule is CCCCCc1ccc2c(c1)Cc1c-2ccc(-c2ccc(F)c(F)c2)c1F. The Bertz CT molecular complexity index is 1000. The maximum atomic E-state index is 15.2. The maximum absolute atomic E-state index is 15.2. The topological polar surface area (TPSA) is 0 Å². The molecule has 3 aromatic carbocycles. The van der Waals surface area contributed by atoms with Crippen LogP contribution >= 0.6 is 0 Å². The minimum absolute atomic E-state index is 0.309. The summed E-state index contributed by atoms with van der Waals surface area (Å²) in [5.41, 5.74) is 5.69. The third-order valence-corrected chi connectivity index (χ3v) is 5.37. The monoisotopic (exact) mass is 366 g/mol. The first kappa shape index (κ1) is 17.8. The number of aryl methyl sites for hydroxylation is 1. The lowest BCUT2D eigenvalue weighted by atomic mass is 9.97. The number of benzene rings is 3. The first-order valence-electron chi connectivity index (χ1n) is 9.47. The smallest absolute Gasteiger partial charge is 0.159 e. The summed E-state index contributed by atoms with van der Waals surface area (Å²) < 4.78 is 41.9. The quantitative estimate of drug-likeness (QED) is 0.331. The van der Waals surface area contributed by atoms with Gasteiger partial charge < -0.3 is 0 Å². The van der Waals surface area contributed by atoms with Crippen molar-refractivity contribution in [3.63, 3.8) is 0 Å².